The topological polar surface area (TPSA) is 94.5 Å². The molecular weight excluding hydrogens is 326 g/mol. The molecule has 2 heterocycles. The molecular formula is C19H17N7. The summed E-state index contributed by atoms with van der Waals surface area (Å²) in [7, 11) is 1.73. The summed E-state index contributed by atoms with van der Waals surface area (Å²) in [6, 6.07) is 22.0. The lowest BCUT2D eigenvalue weighted by atomic mass is 10.1. The normalized spacial score (nSPS) is 10.7. The average Bonchev–Trinajstić information content (AvgIpc) is 3.14. The van der Waals surface area contributed by atoms with Crippen LogP contribution in [-0.4, -0.2) is 31.8 Å². The molecule has 0 unspecified atom stereocenters. The highest BCUT2D eigenvalue weighted by Crippen LogP contribution is 2.27. The van der Waals surface area contributed by atoms with Crippen LogP contribution in [0.15, 0.2) is 66.7 Å². The van der Waals surface area contributed by atoms with E-state index in [1.165, 1.54) is 0 Å². The fourth-order valence-electron chi connectivity index (χ4n) is 2.69. The Bertz CT molecular complexity index is 969. The second-order valence-corrected chi connectivity index (χ2v) is 5.62. The Morgan fingerprint density at radius 2 is 1.58 bits per heavy atom. The van der Waals surface area contributed by atoms with E-state index in [-0.39, 0.29) is 5.95 Å². The summed E-state index contributed by atoms with van der Waals surface area (Å²) >= 11 is 0. The van der Waals surface area contributed by atoms with Gasteiger partial charge < -0.3 is 11.1 Å². The smallest absolute Gasteiger partial charge is 0.227 e. The monoisotopic (exact) mass is 343 g/mol. The van der Waals surface area contributed by atoms with Crippen LogP contribution in [0.4, 0.5) is 11.9 Å². The van der Waals surface area contributed by atoms with Crippen LogP contribution >= 0.6 is 0 Å². The van der Waals surface area contributed by atoms with Gasteiger partial charge in [-0.3, -0.25) is 0 Å². The lowest BCUT2D eigenvalue weighted by Crippen LogP contribution is -2.05. The van der Waals surface area contributed by atoms with Crippen LogP contribution in [0.1, 0.15) is 0 Å². The van der Waals surface area contributed by atoms with Gasteiger partial charge >= 0.3 is 0 Å². The third-order valence-corrected chi connectivity index (χ3v) is 3.89. The maximum Gasteiger partial charge on any atom is 0.227 e. The van der Waals surface area contributed by atoms with Gasteiger partial charge in [-0.1, -0.05) is 48.5 Å². The zero-order valence-electron chi connectivity index (χ0n) is 14.2. The van der Waals surface area contributed by atoms with E-state index in [1.54, 1.807) is 7.05 Å². The molecule has 0 amide bonds. The standard InChI is InChI=1S/C19H17N7/c1-21-19-23-17(22-18(20)24-19)15-12-16(13-8-4-2-5-9-13)26(25-15)14-10-6-3-7-11-14/h2-12H,1H3,(H3,20,21,22,23,24). The van der Waals surface area contributed by atoms with E-state index in [9.17, 15) is 0 Å². The Morgan fingerprint density at radius 1 is 0.885 bits per heavy atom. The maximum atomic E-state index is 5.80. The first-order chi connectivity index (χ1) is 12.7. The van der Waals surface area contributed by atoms with Crippen molar-refractivity contribution < 1.29 is 0 Å². The van der Waals surface area contributed by atoms with E-state index in [1.807, 2.05) is 71.4 Å². The molecule has 7 heteroatoms. The third kappa shape index (κ3) is 2.98. The lowest BCUT2D eigenvalue weighted by Gasteiger charge is -2.07. The lowest BCUT2D eigenvalue weighted by molar-refractivity contribution is 0.885. The van der Waals surface area contributed by atoms with Crippen molar-refractivity contribution in [2.45, 2.75) is 0 Å². The minimum absolute atomic E-state index is 0.148. The minimum Gasteiger partial charge on any atom is -0.368 e. The third-order valence-electron chi connectivity index (χ3n) is 3.89. The summed E-state index contributed by atoms with van der Waals surface area (Å²) in [6.07, 6.45) is 0. The van der Waals surface area contributed by atoms with Crippen LogP contribution in [-0.2, 0) is 0 Å². The summed E-state index contributed by atoms with van der Waals surface area (Å²) in [4.78, 5) is 12.6. The highest BCUT2D eigenvalue weighted by Gasteiger charge is 2.16. The predicted octanol–water partition coefficient (Wildman–Crippen LogP) is 3.02. The summed E-state index contributed by atoms with van der Waals surface area (Å²) in [5.74, 6) is 0.978. The number of hydrogen-bond acceptors (Lipinski definition) is 6. The number of hydrogen-bond donors (Lipinski definition) is 2. The van der Waals surface area contributed by atoms with E-state index in [4.69, 9.17) is 10.8 Å². The fourth-order valence-corrected chi connectivity index (χ4v) is 2.69. The van der Waals surface area contributed by atoms with Gasteiger partial charge in [0, 0.05) is 12.6 Å². The molecule has 26 heavy (non-hydrogen) atoms. The Balaban J connectivity index is 1.91. The van der Waals surface area contributed by atoms with Gasteiger partial charge in [-0.15, -0.1) is 0 Å². The molecule has 4 aromatic rings. The van der Waals surface area contributed by atoms with Gasteiger partial charge in [0.15, 0.2) is 5.82 Å². The Labute approximate surface area is 150 Å². The maximum absolute atomic E-state index is 5.80. The van der Waals surface area contributed by atoms with Gasteiger partial charge in [0.25, 0.3) is 0 Å². The van der Waals surface area contributed by atoms with Crippen molar-refractivity contribution in [2.24, 2.45) is 0 Å². The average molecular weight is 343 g/mol. The van der Waals surface area contributed by atoms with Gasteiger partial charge in [0.2, 0.25) is 11.9 Å². The minimum atomic E-state index is 0.148. The molecule has 0 fully saturated rings. The largest absolute Gasteiger partial charge is 0.368 e. The van der Waals surface area contributed by atoms with Crippen LogP contribution in [0.25, 0.3) is 28.5 Å². The van der Waals surface area contributed by atoms with Gasteiger partial charge in [-0.25, -0.2) is 4.68 Å². The van der Waals surface area contributed by atoms with E-state index >= 15 is 0 Å². The number of nitrogens with two attached hydrogens (primary N) is 1. The molecule has 4 rings (SSSR count). The molecule has 128 valence electrons. The second kappa shape index (κ2) is 6.64. The first-order valence-corrected chi connectivity index (χ1v) is 8.15. The Morgan fingerprint density at radius 3 is 2.27 bits per heavy atom. The molecule has 0 atom stereocenters. The van der Waals surface area contributed by atoms with Crippen LogP contribution < -0.4 is 11.1 Å². The summed E-state index contributed by atoms with van der Waals surface area (Å²) in [6.45, 7) is 0. The molecule has 0 saturated carbocycles. The number of benzene rings is 2. The predicted molar refractivity (Wildman–Crippen MR) is 102 cm³/mol. The molecule has 0 aliphatic carbocycles. The first-order valence-electron chi connectivity index (χ1n) is 8.15. The first kappa shape index (κ1) is 15.8. The van der Waals surface area contributed by atoms with Crippen molar-refractivity contribution in [2.75, 3.05) is 18.1 Å². The highest BCUT2D eigenvalue weighted by molar-refractivity contribution is 5.68. The van der Waals surface area contributed by atoms with E-state index in [0.717, 1.165) is 16.9 Å². The quantitative estimate of drug-likeness (QED) is 0.591. The molecule has 0 spiro atoms. The van der Waals surface area contributed by atoms with Gasteiger partial charge in [-0.05, 0) is 18.2 Å². The van der Waals surface area contributed by atoms with Crippen molar-refractivity contribution in [1.82, 2.24) is 24.7 Å². The van der Waals surface area contributed by atoms with Gasteiger partial charge in [0.1, 0.15) is 5.69 Å². The van der Waals surface area contributed by atoms with Gasteiger partial charge in [0.05, 0.1) is 11.4 Å². The number of aromatic nitrogens is 5. The number of nitrogens with zero attached hydrogens (tertiary/aromatic N) is 5. The zero-order chi connectivity index (χ0) is 17.9. The van der Waals surface area contributed by atoms with Crippen LogP contribution in [0.2, 0.25) is 0 Å². The van der Waals surface area contributed by atoms with Crippen molar-refractivity contribution >= 4 is 11.9 Å². The number of anilines is 2. The SMILES string of the molecule is CNc1nc(N)nc(-c2cc(-c3ccccc3)n(-c3ccccc3)n2)n1. The Hall–Kier alpha value is -3.74. The number of para-hydroxylation sites is 1. The molecule has 0 aliphatic rings. The molecule has 0 radical (unpaired) electrons. The van der Waals surface area contributed by atoms with Crippen LogP contribution in [0.3, 0.4) is 0 Å². The molecule has 0 bridgehead atoms. The van der Waals surface area contributed by atoms with Crippen LogP contribution in [0.5, 0.6) is 0 Å². The van der Waals surface area contributed by atoms with Crippen molar-refractivity contribution in [1.29, 1.82) is 0 Å². The molecule has 2 aromatic carbocycles. The van der Waals surface area contributed by atoms with E-state index < -0.39 is 0 Å². The summed E-state index contributed by atoms with van der Waals surface area (Å²) in [5.41, 5.74) is 9.37. The number of nitrogen functional groups attached to an aromatic ring is 1. The van der Waals surface area contributed by atoms with Gasteiger partial charge in [-0.2, -0.15) is 20.1 Å². The van der Waals surface area contributed by atoms with Crippen molar-refractivity contribution in [3.05, 3.63) is 66.7 Å². The molecule has 3 N–H and O–H groups in total. The molecule has 0 aliphatic heterocycles. The Kier molecular flexibility index (Phi) is 4.03. The van der Waals surface area contributed by atoms with Crippen LogP contribution in [0, 0.1) is 0 Å². The zero-order valence-corrected chi connectivity index (χ0v) is 14.2. The van der Waals surface area contributed by atoms with E-state index in [2.05, 4.69) is 20.3 Å². The highest BCUT2D eigenvalue weighted by atomic mass is 15.3. The van der Waals surface area contributed by atoms with E-state index in [0.29, 0.717) is 17.5 Å². The van der Waals surface area contributed by atoms with Crippen molar-refractivity contribution in [3.8, 4) is 28.5 Å². The molecule has 2 aromatic heterocycles. The fraction of sp³-hybridized carbons (Fsp3) is 0.0526. The summed E-state index contributed by atoms with van der Waals surface area (Å²) < 4.78 is 1.88. The van der Waals surface area contributed by atoms with Crippen molar-refractivity contribution in [3.63, 3.8) is 0 Å². The number of nitrogens with one attached hydrogen (secondary N) is 1. The molecule has 7 nitrogen and oxygen atoms in total. The second-order valence-electron chi connectivity index (χ2n) is 5.62. The molecule has 0 saturated heterocycles. The summed E-state index contributed by atoms with van der Waals surface area (Å²) in [5, 5.41) is 7.61. The number of rotatable bonds is 4.